The third kappa shape index (κ3) is 6.60. The summed E-state index contributed by atoms with van der Waals surface area (Å²) in [6, 6.07) is 8.24. The fraction of sp³-hybridized carbons (Fsp3) is 0.444. The second kappa shape index (κ2) is 11.8. The van der Waals surface area contributed by atoms with Gasteiger partial charge < -0.3 is 25.2 Å². The van der Waals surface area contributed by atoms with Gasteiger partial charge in [0.2, 0.25) is 0 Å². The molecule has 0 amide bonds. The summed E-state index contributed by atoms with van der Waals surface area (Å²) in [5.41, 5.74) is 4.43. The molecule has 1 aliphatic rings. The quantitative estimate of drug-likeness (QED) is 0.421. The van der Waals surface area contributed by atoms with Crippen molar-refractivity contribution in [1.82, 2.24) is 24.8 Å². The molecular weight excluding hydrogens is 438 g/mol. The minimum Gasteiger partial charge on any atom is -0.494 e. The predicted octanol–water partition coefficient (Wildman–Crippen LogP) is 5.06. The molecule has 3 N–H and O–H groups in total. The molecule has 8 heteroatoms. The van der Waals surface area contributed by atoms with Crippen molar-refractivity contribution in [2.24, 2.45) is 4.99 Å². The molecule has 3 heterocycles. The second-order valence-corrected chi connectivity index (χ2v) is 9.43. The molecule has 3 aromatic rings. The molecule has 1 aliphatic heterocycles. The molecule has 0 radical (unpaired) electrons. The van der Waals surface area contributed by atoms with E-state index in [9.17, 15) is 5.11 Å². The fourth-order valence-electron chi connectivity index (χ4n) is 4.49. The number of benzene rings is 1. The second-order valence-electron chi connectivity index (χ2n) is 9.43. The molecular formula is C27H37N7O. The van der Waals surface area contributed by atoms with Gasteiger partial charge in [-0.2, -0.15) is 0 Å². The van der Waals surface area contributed by atoms with Crippen LogP contribution in [-0.2, 0) is 6.54 Å². The molecule has 2 bridgehead atoms. The zero-order valence-corrected chi connectivity index (χ0v) is 20.9. The molecule has 2 aromatic heterocycles. The van der Waals surface area contributed by atoms with E-state index in [4.69, 9.17) is 0 Å². The van der Waals surface area contributed by atoms with E-state index in [1.54, 1.807) is 6.21 Å². The molecule has 0 saturated carbocycles. The molecule has 35 heavy (non-hydrogen) atoms. The van der Waals surface area contributed by atoms with Crippen LogP contribution in [0.5, 0.6) is 5.88 Å². The molecule has 4 rings (SSSR count). The first kappa shape index (κ1) is 24.7. The maximum Gasteiger partial charge on any atom is 0.199 e. The Labute approximate surface area is 207 Å². The Bertz CT molecular complexity index is 1170. The van der Waals surface area contributed by atoms with Crippen molar-refractivity contribution in [1.29, 1.82) is 0 Å². The normalized spacial score (nSPS) is 17.5. The number of fused-ring (bicyclic) bond motifs is 2. The minimum absolute atomic E-state index is 0.0358. The molecule has 0 atom stereocenters. The summed E-state index contributed by atoms with van der Waals surface area (Å²) in [5, 5.41) is 14.7. The smallest absolute Gasteiger partial charge is 0.199 e. The van der Waals surface area contributed by atoms with E-state index in [2.05, 4.69) is 67.9 Å². The summed E-state index contributed by atoms with van der Waals surface area (Å²) in [6.45, 7) is 7.92. The summed E-state index contributed by atoms with van der Waals surface area (Å²) < 4.78 is 0. The van der Waals surface area contributed by atoms with E-state index in [1.165, 1.54) is 43.3 Å². The number of hydrogen-bond acceptors (Lipinski definition) is 7. The summed E-state index contributed by atoms with van der Waals surface area (Å²) in [5.74, 6) is 0.723. The lowest BCUT2D eigenvalue weighted by atomic mass is 10.1. The number of aromatic hydroxyl groups is 1. The SMILES string of the molecule is C=C1CCCCCCN(C)Cc2cccc(c2)N=Cc2c(O)[nH]c3ncnc(c23)NCCCN1C. The van der Waals surface area contributed by atoms with Gasteiger partial charge in [-0.05, 0) is 57.0 Å². The number of rotatable bonds is 0. The van der Waals surface area contributed by atoms with Gasteiger partial charge in [0.05, 0.1) is 16.6 Å². The van der Waals surface area contributed by atoms with E-state index in [1.807, 2.05) is 12.1 Å². The molecule has 8 nitrogen and oxygen atoms in total. The molecule has 0 fully saturated rings. The van der Waals surface area contributed by atoms with Gasteiger partial charge in [-0.25, -0.2) is 9.97 Å². The molecule has 186 valence electrons. The number of H-pyrrole nitrogens is 1. The third-order valence-electron chi connectivity index (χ3n) is 6.57. The van der Waals surface area contributed by atoms with E-state index < -0.39 is 0 Å². The largest absolute Gasteiger partial charge is 0.494 e. The Morgan fingerprint density at radius 3 is 2.77 bits per heavy atom. The highest BCUT2D eigenvalue weighted by Gasteiger charge is 2.15. The average Bonchev–Trinajstić information content (AvgIpc) is 3.17. The Balaban J connectivity index is 1.59. The monoisotopic (exact) mass is 475 g/mol. The van der Waals surface area contributed by atoms with Crippen molar-refractivity contribution in [3.05, 3.63) is 54.0 Å². The maximum absolute atomic E-state index is 10.6. The van der Waals surface area contributed by atoms with Crippen LogP contribution in [0.25, 0.3) is 11.0 Å². The molecule has 0 saturated heterocycles. The summed E-state index contributed by atoms with van der Waals surface area (Å²) in [7, 11) is 4.29. The van der Waals surface area contributed by atoms with Crippen molar-refractivity contribution in [3.8, 4) is 5.88 Å². The molecule has 0 aliphatic carbocycles. The number of nitrogens with zero attached hydrogens (tertiary/aromatic N) is 5. The number of nitrogens with one attached hydrogen (secondary N) is 2. The van der Waals surface area contributed by atoms with Crippen LogP contribution in [0.3, 0.4) is 0 Å². The summed E-state index contributed by atoms with van der Waals surface area (Å²) >= 11 is 0. The highest BCUT2D eigenvalue weighted by molar-refractivity contribution is 6.06. The fourth-order valence-corrected chi connectivity index (χ4v) is 4.49. The van der Waals surface area contributed by atoms with E-state index >= 15 is 0 Å². The van der Waals surface area contributed by atoms with Gasteiger partial charge in [0, 0.05) is 38.6 Å². The van der Waals surface area contributed by atoms with Crippen LogP contribution >= 0.6 is 0 Å². The first-order chi connectivity index (χ1) is 17.0. The zero-order valence-electron chi connectivity index (χ0n) is 20.9. The van der Waals surface area contributed by atoms with Crippen molar-refractivity contribution in [2.75, 3.05) is 39.0 Å². The highest BCUT2D eigenvalue weighted by Crippen LogP contribution is 2.30. The average molecular weight is 476 g/mol. The van der Waals surface area contributed by atoms with Crippen molar-refractivity contribution < 1.29 is 5.11 Å². The number of anilines is 1. The van der Waals surface area contributed by atoms with Gasteiger partial charge in [0.15, 0.2) is 5.88 Å². The minimum atomic E-state index is 0.0358. The Hall–Kier alpha value is -3.39. The lowest BCUT2D eigenvalue weighted by Gasteiger charge is -2.22. The Morgan fingerprint density at radius 2 is 1.89 bits per heavy atom. The van der Waals surface area contributed by atoms with Gasteiger partial charge in [-0.1, -0.05) is 31.6 Å². The van der Waals surface area contributed by atoms with E-state index in [0.717, 1.165) is 50.1 Å². The van der Waals surface area contributed by atoms with Gasteiger partial charge in [0.1, 0.15) is 17.8 Å². The number of hydrogen-bond donors (Lipinski definition) is 3. The van der Waals surface area contributed by atoms with Crippen LogP contribution in [-0.4, -0.2) is 69.8 Å². The third-order valence-corrected chi connectivity index (χ3v) is 6.57. The highest BCUT2D eigenvalue weighted by atomic mass is 16.3. The first-order valence-corrected chi connectivity index (χ1v) is 12.5. The van der Waals surface area contributed by atoms with Crippen molar-refractivity contribution in [2.45, 2.75) is 45.1 Å². The van der Waals surface area contributed by atoms with Gasteiger partial charge in [0.25, 0.3) is 0 Å². The lowest BCUT2D eigenvalue weighted by molar-refractivity contribution is 0.316. The van der Waals surface area contributed by atoms with Crippen LogP contribution in [0.4, 0.5) is 11.5 Å². The first-order valence-electron chi connectivity index (χ1n) is 12.5. The molecule has 0 spiro atoms. The maximum atomic E-state index is 10.6. The zero-order chi connectivity index (χ0) is 24.6. The van der Waals surface area contributed by atoms with Crippen LogP contribution < -0.4 is 5.32 Å². The molecule has 0 unspecified atom stereocenters. The number of aliphatic imine (C=N–C) groups is 1. The van der Waals surface area contributed by atoms with Crippen molar-refractivity contribution >= 4 is 28.8 Å². The summed E-state index contributed by atoms with van der Waals surface area (Å²) in [4.78, 5) is 21.0. The van der Waals surface area contributed by atoms with Crippen LogP contribution in [0.2, 0.25) is 0 Å². The van der Waals surface area contributed by atoms with Crippen LogP contribution in [0, 0.1) is 0 Å². The molecule has 1 aromatic carbocycles. The summed E-state index contributed by atoms with van der Waals surface area (Å²) in [6.07, 6.45) is 10.0. The predicted molar refractivity (Wildman–Crippen MR) is 144 cm³/mol. The van der Waals surface area contributed by atoms with E-state index in [-0.39, 0.29) is 5.88 Å². The number of aromatic nitrogens is 3. The van der Waals surface area contributed by atoms with Gasteiger partial charge >= 0.3 is 0 Å². The van der Waals surface area contributed by atoms with Gasteiger partial charge in [-0.15, -0.1) is 0 Å². The van der Waals surface area contributed by atoms with Crippen LogP contribution in [0.15, 0.2) is 47.9 Å². The number of allylic oxidation sites excluding steroid dienone is 1. The van der Waals surface area contributed by atoms with Gasteiger partial charge in [-0.3, -0.25) is 4.99 Å². The Kier molecular flexibility index (Phi) is 8.36. The van der Waals surface area contributed by atoms with Crippen LogP contribution in [0.1, 0.15) is 49.7 Å². The van der Waals surface area contributed by atoms with Crippen molar-refractivity contribution in [3.63, 3.8) is 0 Å². The standard InChI is InChI=1S/C27H37N7O/c1-20-10-6-4-5-7-14-33(2)18-21-11-8-12-22(16-21)29-17-23-24-25(28-13-9-15-34(20)3)30-19-31-26(24)32-27(23)35/h8,11-12,16-17,19,35H,1,4-7,9-10,13-15,18H2,2-3H3,(H2,28,30,31,32). The lowest BCUT2D eigenvalue weighted by Crippen LogP contribution is -2.21. The topological polar surface area (TPSA) is 92.7 Å². The number of aromatic amines is 1. The van der Waals surface area contributed by atoms with E-state index in [0.29, 0.717) is 17.0 Å². The Morgan fingerprint density at radius 1 is 1.03 bits per heavy atom.